The summed E-state index contributed by atoms with van der Waals surface area (Å²) < 4.78 is 7.30. The number of carboxylic acid groups (broad SMARTS) is 1. The van der Waals surface area contributed by atoms with Crippen LogP contribution in [0, 0.1) is 5.92 Å². The molecule has 2 aliphatic heterocycles. The largest absolute Gasteiger partial charge is 0.478 e. The van der Waals surface area contributed by atoms with E-state index in [9.17, 15) is 9.90 Å². The molecule has 2 atom stereocenters. The number of aromatic carboxylic acids is 1. The van der Waals surface area contributed by atoms with Crippen LogP contribution in [0.4, 0.5) is 11.5 Å². The molecule has 8 heteroatoms. The SMILES string of the molecule is Nc1ccc(-c2nc(N3CC4COCC3C4)c3cc(C(=O)O)cn3n2)cc1. The number of nitrogen functional groups attached to an aromatic ring is 1. The number of rotatable bonds is 3. The van der Waals surface area contributed by atoms with E-state index in [-0.39, 0.29) is 11.6 Å². The summed E-state index contributed by atoms with van der Waals surface area (Å²) in [7, 11) is 0. The number of hydrogen-bond donors (Lipinski definition) is 2. The summed E-state index contributed by atoms with van der Waals surface area (Å²) in [4.78, 5) is 18.5. The Morgan fingerprint density at radius 1 is 1.26 bits per heavy atom. The highest BCUT2D eigenvalue weighted by Crippen LogP contribution is 2.35. The molecule has 2 fully saturated rings. The highest BCUT2D eigenvalue weighted by Gasteiger charge is 2.38. The number of nitrogens with zero attached hydrogens (tertiary/aromatic N) is 4. The van der Waals surface area contributed by atoms with Gasteiger partial charge in [0.15, 0.2) is 11.6 Å². The molecule has 1 aromatic carbocycles. The Kier molecular flexibility index (Phi) is 3.54. The fourth-order valence-electron chi connectivity index (χ4n) is 3.99. The zero-order valence-electron chi connectivity index (χ0n) is 14.6. The van der Waals surface area contributed by atoms with Crippen molar-refractivity contribution in [3.8, 4) is 11.4 Å². The summed E-state index contributed by atoms with van der Waals surface area (Å²) in [6, 6.07) is 9.23. The van der Waals surface area contributed by atoms with E-state index in [4.69, 9.17) is 15.5 Å². The number of carboxylic acids is 1. The maximum atomic E-state index is 11.5. The van der Waals surface area contributed by atoms with Crippen molar-refractivity contribution in [1.29, 1.82) is 0 Å². The molecule has 2 saturated heterocycles. The third kappa shape index (κ3) is 2.69. The van der Waals surface area contributed by atoms with Gasteiger partial charge in [-0.3, -0.25) is 0 Å². The molecule has 4 heterocycles. The van der Waals surface area contributed by atoms with Crippen molar-refractivity contribution in [2.24, 2.45) is 5.92 Å². The Balaban J connectivity index is 1.69. The number of carbonyl (C=O) groups is 1. The van der Waals surface area contributed by atoms with Crippen LogP contribution in [0.3, 0.4) is 0 Å². The van der Waals surface area contributed by atoms with E-state index in [0.717, 1.165) is 31.0 Å². The molecule has 138 valence electrons. The van der Waals surface area contributed by atoms with Crippen molar-refractivity contribution >= 4 is 23.0 Å². The van der Waals surface area contributed by atoms with E-state index in [1.807, 2.05) is 12.1 Å². The summed E-state index contributed by atoms with van der Waals surface area (Å²) in [5.41, 5.74) is 8.17. The van der Waals surface area contributed by atoms with E-state index in [2.05, 4.69) is 10.00 Å². The molecule has 2 aromatic heterocycles. The fraction of sp³-hybridized carbons (Fsp3) is 0.316. The average molecular weight is 365 g/mol. The summed E-state index contributed by atoms with van der Waals surface area (Å²) in [6.07, 6.45) is 2.60. The molecule has 2 bridgehead atoms. The van der Waals surface area contributed by atoms with Crippen LogP contribution in [0.1, 0.15) is 16.8 Å². The van der Waals surface area contributed by atoms with E-state index in [0.29, 0.717) is 29.6 Å². The van der Waals surface area contributed by atoms with Gasteiger partial charge in [-0.25, -0.2) is 14.3 Å². The second kappa shape index (κ2) is 5.95. The topological polar surface area (TPSA) is 106 Å². The monoisotopic (exact) mass is 365 g/mol. The zero-order valence-corrected chi connectivity index (χ0v) is 14.6. The molecular formula is C19H19N5O3. The minimum absolute atomic E-state index is 0.193. The third-order valence-electron chi connectivity index (χ3n) is 5.30. The molecule has 0 aliphatic carbocycles. The van der Waals surface area contributed by atoms with Gasteiger partial charge in [0, 0.05) is 29.9 Å². The Morgan fingerprint density at radius 3 is 2.81 bits per heavy atom. The predicted molar refractivity (Wildman–Crippen MR) is 99.9 cm³/mol. The molecule has 2 unspecified atom stereocenters. The highest BCUT2D eigenvalue weighted by atomic mass is 16.5. The van der Waals surface area contributed by atoms with Gasteiger partial charge in [-0.2, -0.15) is 0 Å². The smallest absolute Gasteiger partial charge is 0.337 e. The molecule has 3 N–H and O–H groups in total. The third-order valence-corrected chi connectivity index (χ3v) is 5.30. The fourth-order valence-corrected chi connectivity index (χ4v) is 3.99. The summed E-state index contributed by atoms with van der Waals surface area (Å²) in [6.45, 7) is 2.28. The van der Waals surface area contributed by atoms with Crippen LogP contribution in [0.2, 0.25) is 0 Å². The maximum Gasteiger partial charge on any atom is 0.337 e. The second-order valence-electron chi connectivity index (χ2n) is 7.19. The number of aromatic nitrogens is 3. The van der Waals surface area contributed by atoms with Gasteiger partial charge in [0.1, 0.15) is 5.52 Å². The highest BCUT2D eigenvalue weighted by molar-refractivity contribution is 5.91. The van der Waals surface area contributed by atoms with Crippen LogP contribution in [0.25, 0.3) is 16.9 Å². The first kappa shape index (κ1) is 16.1. The van der Waals surface area contributed by atoms with Gasteiger partial charge in [-0.15, -0.1) is 5.10 Å². The van der Waals surface area contributed by atoms with E-state index < -0.39 is 5.97 Å². The Bertz CT molecular complexity index is 1030. The Labute approximate surface area is 155 Å². The van der Waals surface area contributed by atoms with Gasteiger partial charge < -0.3 is 20.5 Å². The molecule has 27 heavy (non-hydrogen) atoms. The van der Waals surface area contributed by atoms with Crippen LogP contribution in [-0.2, 0) is 4.74 Å². The van der Waals surface area contributed by atoms with Gasteiger partial charge in [0.05, 0.1) is 24.8 Å². The molecule has 5 rings (SSSR count). The summed E-state index contributed by atoms with van der Waals surface area (Å²) in [5, 5.41) is 13.9. The van der Waals surface area contributed by atoms with Crippen LogP contribution in [0.15, 0.2) is 36.5 Å². The number of nitrogens with two attached hydrogens (primary N) is 1. The van der Waals surface area contributed by atoms with E-state index >= 15 is 0 Å². The lowest BCUT2D eigenvalue weighted by Crippen LogP contribution is -2.34. The second-order valence-corrected chi connectivity index (χ2v) is 7.19. The zero-order chi connectivity index (χ0) is 18.5. The van der Waals surface area contributed by atoms with Crippen LogP contribution >= 0.6 is 0 Å². The molecule has 0 spiro atoms. The van der Waals surface area contributed by atoms with Crippen molar-refractivity contribution in [2.75, 3.05) is 30.4 Å². The molecule has 0 saturated carbocycles. The number of anilines is 2. The normalized spacial score (nSPS) is 21.7. The lowest BCUT2D eigenvalue weighted by Gasteiger charge is -2.26. The first-order chi connectivity index (χ1) is 13.1. The molecule has 0 radical (unpaired) electrons. The van der Waals surface area contributed by atoms with Gasteiger partial charge >= 0.3 is 5.97 Å². The quantitative estimate of drug-likeness (QED) is 0.683. The Hall–Kier alpha value is -3.13. The van der Waals surface area contributed by atoms with Crippen molar-refractivity contribution in [2.45, 2.75) is 12.5 Å². The predicted octanol–water partition coefficient (Wildman–Crippen LogP) is 1.90. The maximum absolute atomic E-state index is 11.5. The van der Waals surface area contributed by atoms with Crippen molar-refractivity contribution in [3.63, 3.8) is 0 Å². The first-order valence-electron chi connectivity index (χ1n) is 8.92. The number of hydrogen-bond acceptors (Lipinski definition) is 6. The summed E-state index contributed by atoms with van der Waals surface area (Å²) in [5.74, 6) is 0.784. The van der Waals surface area contributed by atoms with Crippen LogP contribution < -0.4 is 10.6 Å². The first-order valence-corrected chi connectivity index (χ1v) is 8.92. The lowest BCUT2D eigenvalue weighted by molar-refractivity contribution is 0.0696. The number of fused-ring (bicyclic) bond motifs is 3. The van der Waals surface area contributed by atoms with Crippen molar-refractivity contribution in [3.05, 3.63) is 42.1 Å². The van der Waals surface area contributed by atoms with Crippen LogP contribution in [0.5, 0.6) is 0 Å². The van der Waals surface area contributed by atoms with Gasteiger partial charge in [0.2, 0.25) is 0 Å². The molecule has 8 nitrogen and oxygen atoms in total. The average Bonchev–Trinajstić information content (AvgIpc) is 3.22. The Morgan fingerprint density at radius 2 is 2.07 bits per heavy atom. The van der Waals surface area contributed by atoms with Crippen molar-refractivity contribution in [1.82, 2.24) is 14.6 Å². The number of ether oxygens (including phenoxy) is 1. The molecule has 2 aliphatic rings. The summed E-state index contributed by atoms with van der Waals surface area (Å²) >= 11 is 0. The minimum atomic E-state index is -0.982. The van der Waals surface area contributed by atoms with Crippen LogP contribution in [-0.4, -0.2) is 51.5 Å². The lowest BCUT2D eigenvalue weighted by atomic mass is 10.1. The van der Waals surface area contributed by atoms with E-state index in [1.54, 1.807) is 22.7 Å². The van der Waals surface area contributed by atoms with Gasteiger partial charge in [-0.1, -0.05) is 0 Å². The van der Waals surface area contributed by atoms with Crippen molar-refractivity contribution < 1.29 is 14.6 Å². The minimum Gasteiger partial charge on any atom is -0.478 e. The number of benzene rings is 1. The van der Waals surface area contributed by atoms with Gasteiger partial charge in [0.25, 0.3) is 0 Å². The molecular weight excluding hydrogens is 346 g/mol. The molecule has 3 aromatic rings. The molecule has 0 amide bonds. The standard InChI is InChI=1S/C19H19N5O3/c20-14-3-1-12(2-4-14)17-21-18(23-7-11-5-15(23)10-27-9-11)16-6-13(19(25)26)8-24(16)22-17/h1-4,6,8,11,15H,5,7,9-10,20H2,(H,25,26). The van der Waals surface area contributed by atoms with Gasteiger partial charge in [-0.05, 0) is 36.8 Å². The van der Waals surface area contributed by atoms with E-state index in [1.165, 1.54) is 6.20 Å².